The summed E-state index contributed by atoms with van der Waals surface area (Å²) in [5.41, 5.74) is 1.83. The van der Waals surface area contributed by atoms with Gasteiger partial charge in [0.05, 0.1) is 16.5 Å². The zero-order valence-electron chi connectivity index (χ0n) is 13.3. The Hall–Kier alpha value is -1.11. The summed E-state index contributed by atoms with van der Waals surface area (Å²) in [6.07, 6.45) is 0.546. The van der Waals surface area contributed by atoms with Crippen molar-refractivity contribution < 1.29 is 13.2 Å². The molecule has 1 heterocycles. The smallest absolute Gasteiger partial charge is 0.241 e. The van der Waals surface area contributed by atoms with Crippen LogP contribution in [0.4, 0.5) is 5.69 Å². The van der Waals surface area contributed by atoms with Crippen LogP contribution < -0.4 is 10.0 Å². The van der Waals surface area contributed by atoms with Crippen LogP contribution in [-0.4, -0.2) is 33.7 Å². The van der Waals surface area contributed by atoms with Gasteiger partial charge < -0.3 is 10.1 Å². The van der Waals surface area contributed by atoms with Gasteiger partial charge in [0, 0.05) is 19.3 Å². The Morgan fingerprint density at radius 2 is 1.86 bits per heavy atom. The number of sulfonamides is 1. The van der Waals surface area contributed by atoms with Crippen molar-refractivity contribution in [3.05, 3.63) is 23.3 Å². The zero-order valence-corrected chi connectivity index (χ0v) is 14.1. The first kappa shape index (κ1) is 16.3. The number of benzene rings is 1. The number of nitrogens with one attached hydrogen (secondary N) is 2. The number of ether oxygens (including phenoxy) is 1. The third-order valence-electron chi connectivity index (χ3n) is 4.27. The molecule has 0 bridgehead atoms. The van der Waals surface area contributed by atoms with E-state index in [1.54, 1.807) is 0 Å². The average Bonchev–Trinajstić information content (AvgIpc) is 2.66. The molecule has 1 aromatic carbocycles. The van der Waals surface area contributed by atoms with Crippen LogP contribution in [0.2, 0.25) is 0 Å². The summed E-state index contributed by atoms with van der Waals surface area (Å²) >= 11 is 0. The first-order chi connectivity index (χ1) is 9.69. The minimum atomic E-state index is -3.58. The fraction of sp³-hybridized carbons (Fsp3) is 0.600. The van der Waals surface area contributed by atoms with Gasteiger partial charge in [0.15, 0.2) is 0 Å². The van der Waals surface area contributed by atoms with Crippen molar-refractivity contribution in [3.8, 4) is 0 Å². The van der Waals surface area contributed by atoms with Crippen molar-refractivity contribution in [2.75, 3.05) is 19.0 Å². The van der Waals surface area contributed by atoms with Gasteiger partial charge in [-0.25, -0.2) is 13.1 Å². The highest BCUT2D eigenvalue weighted by Crippen LogP contribution is 2.30. The number of anilines is 1. The second kappa shape index (κ2) is 5.59. The van der Waals surface area contributed by atoms with E-state index < -0.39 is 15.6 Å². The van der Waals surface area contributed by atoms with Crippen LogP contribution in [0.5, 0.6) is 0 Å². The van der Waals surface area contributed by atoms with Gasteiger partial charge in [0.25, 0.3) is 0 Å². The first-order valence-electron chi connectivity index (χ1n) is 7.14. The van der Waals surface area contributed by atoms with Crippen LogP contribution in [0, 0.1) is 13.8 Å². The van der Waals surface area contributed by atoms with Crippen LogP contribution >= 0.6 is 0 Å². The highest BCUT2D eigenvalue weighted by atomic mass is 32.2. The highest BCUT2D eigenvalue weighted by Gasteiger charge is 2.41. The van der Waals surface area contributed by atoms with Gasteiger partial charge in [-0.3, -0.25) is 0 Å². The Morgan fingerprint density at radius 1 is 1.29 bits per heavy atom. The molecule has 2 atom stereocenters. The third kappa shape index (κ3) is 3.07. The van der Waals surface area contributed by atoms with E-state index in [0.29, 0.717) is 17.9 Å². The Labute approximate surface area is 127 Å². The van der Waals surface area contributed by atoms with Crippen LogP contribution in [0.25, 0.3) is 0 Å². The molecule has 2 rings (SSSR count). The molecule has 1 fully saturated rings. The van der Waals surface area contributed by atoms with Crippen LogP contribution in [0.15, 0.2) is 17.0 Å². The van der Waals surface area contributed by atoms with Crippen LogP contribution in [0.1, 0.15) is 31.4 Å². The monoisotopic (exact) mass is 312 g/mol. The van der Waals surface area contributed by atoms with Crippen molar-refractivity contribution in [2.45, 2.75) is 50.7 Å². The van der Waals surface area contributed by atoms with Gasteiger partial charge >= 0.3 is 0 Å². The van der Waals surface area contributed by atoms with Gasteiger partial charge in [0.1, 0.15) is 0 Å². The maximum absolute atomic E-state index is 12.8. The van der Waals surface area contributed by atoms with E-state index in [1.807, 2.05) is 46.9 Å². The fourth-order valence-electron chi connectivity index (χ4n) is 2.85. The first-order valence-corrected chi connectivity index (χ1v) is 8.62. The average molecular weight is 312 g/mol. The van der Waals surface area contributed by atoms with E-state index in [0.717, 1.165) is 16.8 Å². The minimum absolute atomic E-state index is 0.135. The lowest BCUT2D eigenvalue weighted by Gasteiger charge is -2.29. The Kier molecular flexibility index (Phi) is 4.33. The maximum atomic E-state index is 12.8. The van der Waals surface area contributed by atoms with Gasteiger partial charge in [-0.05, 0) is 57.4 Å². The van der Waals surface area contributed by atoms with Crippen molar-refractivity contribution >= 4 is 15.7 Å². The SMILES string of the molecule is CNc1cc(C)c(S(=O)(=O)NC2(C)CCOC2C)c(C)c1. The van der Waals surface area contributed by atoms with Gasteiger partial charge in [0.2, 0.25) is 10.0 Å². The van der Waals surface area contributed by atoms with Crippen LogP contribution in [0.3, 0.4) is 0 Å². The third-order valence-corrected chi connectivity index (χ3v) is 6.19. The quantitative estimate of drug-likeness (QED) is 0.894. The Bertz CT molecular complexity index is 619. The second-order valence-corrected chi connectivity index (χ2v) is 7.59. The highest BCUT2D eigenvalue weighted by molar-refractivity contribution is 7.89. The van der Waals surface area contributed by atoms with Gasteiger partial charge in [-0.15, -0.1) is 0 Å². The lowest BCUT2D eigenvalue weighted by Crippen LogP contribution is -2.50. The molecule has 2 unspecified atom stereocenters. The predicted octanol–water partition coefficient (Wildman–Crippen LogP) is 2.19. The summed E-state index contributed by atoms with van der Waals surface area (Å²) in [5, 5.41) is 3.04. The summed E-state index contributed by atoms with van der Waals surface area (Å²) in [6, 6.07) is 3.69. The summed E-state index contributed by atoms with van der Waals surface area (Å²) in [7, 11) is -1.76. The molecule has 2 N–H and O–H groups in total. The molecule has 0 radical (unpaired) electrons. The number of hydrogen-bond acceptors (Lipinski definition) is 4. The van der Waals surface area contributed by atoms with E-state index in [2.05, 4.69) is 10.0 Å². The summed E-state index contributed by atoms with van der Waals surface area (Å²) in [6.45, 7) is 8.02. The summed E-state index contributed by atoms with van der Waals surface area (Å²) in [5.74, 6) is 0. The normalized spacial score (nSPS) is 26.0. The summed E-state index contributed by atoms with van der Waals surface area (Å²) < 4.78 is 33.9. The van der Waals surface area contributed by atoms with E-state index in [-0.39, 0.29) is 6.10 Å². The van der Waals surface area contributed by atoms with E-state index >= 15 is 0 Å². The zero-order chi connectivity index (χ0) is 15.8. The molecular formula is C15H24N2O3S. The Balaban J connectivity index is 2.41. The Morgan fingerprint density at radius 3 is 2.29 bits per heavy atom. The molecule has 1 aliphatic rings. The molecule has 0 spiro atoms. The van der Waals surface area contributed by atoms with Crippen molar-refractivity contribution in [1.29, 1.82) is 0 Å². The molecule has 1 aromatic rings. The van der Waals surface area contributed by atoms with Crippen molar-refractivity contribution in [1.82, 2.24) is 4.72 Å². The summed E-state index contributed by atoms with van der Waals surface area (Å²) in [4.78, 5) is 0.363. The lowest BCUT2D eigenvalue weighted by molar-refractivity contribution is 0.0957. The molecule has 1 aliphatic heterocycles. The van der Waals surface area contributed by atoms with Crippen molar-refractivity contribution in [3.63, 3.8) is 0 Å². The molecule has 118 valence electrons. The number of rotatable bonds is 4. The molecule has 0 amide bonds. The molecule has 21 heavy (non-hydrogen) atoms. The lowest BCUT2D eigenvalue weighted by atomic mass is 9.97. The van der Waals surface area contributed by atoms with E-state index in [9.17, 15) is 8.42 Å². The fourth-order valence-corrected chi connectivity index (χ4v) is 4.79. The largest absolute Gasteiger partial charge is 0.388 e. The number of aryl methyl sites for hydroxylation is 2. The molecule has 0 aliphatic carbocycles. The molecule has 5 nitrogen and oxygen atoms in total. The molecule has 1 saturated heterocycles. The number of hydrogen-bond donors (Lipinski definition) is 2. The topological polar surface area (TPSA) is 67.4 Å². The van der Waals surface area contributed by atoms with E-state index in [1.165, 1.54) is 0 Å². The predicted molar refractivity (Wildman–Crippen MR) is 84.2 cm³/mol. The maximum Gasteiger partial charge on any atom is 0.241 e. The standard InChI is InChI=1S/C15H24N2O3S/c1-10-8-13(16-5)9-11(2)14(10)21(18,19)17-15(4)6-7-20-12(15)3/h8-9,12,16-17H,6-7H2,1-5H3. The van der Waals surface area contributed by atoms with Crippen LogP contribution in [-0.2, 0) is 14.8 Å². The molecule has 0 saturated carbocycles. The minimum Gasteiger partial charge on any atom is -0.388 e. The van der Waals surface area contributed by atoms with Gasteiger partial charge in [-0.2, -0.15) is 0 Å². The second-order valence-electron chi connectivity index (χ2n) is 5.98. The molecule has 0 aromatic heterocycles. The molecular weight excluding hydrogens is 288 g/mol. The van der Waals surface area contributed by atoms with Crippen molar-refractivity contribution in [2.24, 2.45) is 0 Å². The van der Waals surface area contributed by atoms with Gasteiger partial charge in [-0.1, -0.05) is 0 Å². The van der Waals surface area contributed by atoms with E-state index in [4.69, 9.17) is 4.74 Å². The molecule has 6 heteroatoms.